The Balaban J connectivity index is 2.42. The molecule has 0 radical (unpaired) electrons. The molecule has 1 unspecified atom stereocenters. The third kappa shape index (κ3) is 5.36. The highest BCUT2D eigenvalue weighted by Gasteiger charge is 2.08. The molecule has 5 heteroatoms. The zero-order valence-electron chi connectivity index (χ0n) is 10.00. The highest BCUT2D eigenvalue weighted by atomic mass is 127. The summed E-state index contributed by atoms with van der Waals surface area (Å²) in [6.45, 7) is 2.60. The monoisotopic (exact) mass is 348 g/mol. The van der Waals surface area contributed by atoms with Crippen molar-refractivity contribution >= 4 is 34.3 Å². The van der Waals surface area contributed by atoms with E-state index < -0.39 is 0 Å². The van der Waals surface area contributed by atoms with Crippen LogP contribution in [0.4, 0.5) is 10.5 Å². The average molecular weight is 348 g/mol. The quantitative estimate of drug-likeness (QED) is 0.804. The smallest absolute Gasteiger partial charge is 0.319 e. The molecule has 0 spiro atoms. The summed E-state index contributed by atoms with van der Waals surface area (Å²) in [4.78, 5) is 11.7. The number of anilines is 1. The lowest BCUT2D eigenvalue weighted by atomic mass is 10.2. The van der Waals surface area contributed by atoms with E-state index in [1.54, 1.807) is 7.11 Å². The molecule has 0 heterocycles. The largest absolute Gasteiger partial charge is 0.385 e. The number of rotatable bonds is 5. The third-order valence-corrected chi connectivity index (χ3v) is 3.20. The van der Waals surface area contributed by atoms with Crippen molar-refractivity contribution in [3.05, 3.63) is 27.8 Å². The summed E-state index contributed by atoms with van der Waals surface area (Å²) in [5.74, 6) is 0. The Morgan fingerprint density at radius 2 is 2.18 bits per heavy atom. The van der Waals surface area contributed by atoms with Crippen molar-refractivity contribution in [1.82, 2.24) is 5.32 Å². The summed E-state index contributed by atoms with van der Waals surface area (Å²) in [7, 11) is 1.65. The number of nitrogens with one attached hydrogen (secondary N) is 2. The van der Waals surface area contributed by atoms with Crippen LogP contribution in [0.1, 0.15) is 13.3 Å². The Hall–Kier alpha value is -0.820. The van der Waals surface area contributed by atoms with E-state index in [2.05, 4.69) is 33.2 Å². The molecule has 0 aromatic heterocycles. The molecule has 2 N–H and O–H groups in total. The van der Waals surface area contributed by atoms with Crippen molar-refractivity contribution in [2.24, 2.45) is 0 Å². The van der Waals surface area contributed by atoms with Crippen LogP contribution >= 0.6 is 22.6 Å². The summed E-state index contributed by atoms with van der Waals surface area (Å²) in [5.41, 5.74) is 0.824. The van der Waals surface area contributed by atoms with E-state index in [4.69, 9.17) is 4.74 Å². The standard InChI is InChI=1S/C12H17IN2O2/c1-9(7-8-17-2)14-12(16)15-11-6-4-3-5-10(11)13/h3-6,9H,7-8H2,1-2H3,(H2,14,15,16). The predicted molar refractivity (Wildman–Crippen MR) is 77.3 cm³/mol. The van der Waals surface area contributed by atoms with Gasteiger partial charge >= 0.3 is 6.03 Å². The minimum Gasteiger partial charge on any atom is -0.385 e. The molecule has 0 bridgehead atoms. The Morgan fingerprint density at radius 3 is 2.82 bits per heavy atom. The van der Waals surface area contributed by atoms with E-state index in [1.165, 1.54) is 0 Å². The van der Waals surface area contributed by atoms with Gasteiger partial charge in [-0.3, -0.25) is 0 Å². The molecule has 0 saturated heterocycles. The molecule has 0 aliphatic carbocycles. The molecule has 1 aromatic carbocycles. The number of hydrogen-bond acceptors (Lipinski definition) is 2. The Labute approximate surface area is 115 Å². The lowest BCUT2D eigenvalue weighted by Gasteiger charge is -2.14. The van der Waals surface area contributed by atoms with Gasteiger partial charge in [-0.15, -0.1) is 0 Å². The molecule has 17 heavy (non-hydrogen) atoms. The molecule has 1 rings (SSSR count). The van der Waals surface area contributed by atoms with E-state index in [1.807, 2.05) is 31.2 Å². The number of para-hydroxylation sites is 1. The molecule has 0 aliphatic heterocycles. The maximum atomic E-state index is 11.7. The molecule has 0 fully saturated rings. The van der Waals surface area contributed by atoms with Crippen molar-refractivity contribution in [3.8, 4) is 0 Å². The fourth-order valence-electron chi connectivity index (χ4n) is 1.31. The molecule has 0 saturated carbocycles. The minimum absolute atomic E-state index is 0.0938. The number of urea groups is 1. The van der Waals surface area contributed by atoms with Gasteiger partial charge in [-0.05, 0) is 48.1 Å². The first kappa shape index (κ1) is 14.2. The van der Waals surface area contributed by atoms with Crippen LogP contribution in [0.25, 0.3) is 0 Å². The highest BCUT2D eigenvalue weighted by Crippen LogP contribution is 2.16. The number of benzene rings is 1. The van der Waals surface area contributed by atoms with Gasteiger partial charge in [0, 0.05) is 23.3 Å². The first-order valence-electron chi connectivity index (χ1n) is 5.44. The fraction of sp³-hybridized carbons (Fsp3) is 0.417. The van der Waals surface area contributed by atoms with E-state index >= 15 is 0 Å². The third-order valence-electron chi connectivity index (χ3n) is 2.25. The maximum absolute atomic E-state index is 11.7. The molecule has 4 nitrogen and oxygen atoms in total. The van der Waals surface area contributed by atoms with Gasteiger partial charge in [-0.2, -0.15) is 0 Å². The van der Waals surface area contributed by atoms with Gasteiger partial charge in [0.15, 0.2) is 0 Å². The van der Waals surface area contributed by atoms with Crippen molar-refractivity contribution in [3.63, 3.8) is 0 Å². The summed E-state index contributed by atoms with van der Waals surface area (Å²) in [6, 6.07) is 7.57. The van der Waals surface area contributed by atoms with E-state index in [0.29, 0.717) is 6.61 Å². The summed E-state index contributed by atoms with van der Waals surface area (Å²) >= 11 is 2.19. The van der Waals surface area contributed by atoms with Crippen LogP contribution in [0.5, 0.6) is 0 Å². The van der Waals surface area contributed by atoms with Crippen LogP contribution in [0, 0.1) is 3.57 Å². The minimum atomic E-state index is -0.183. The van der Waals surface area contributed by atoms with E-state index in [-0.39, 0.29) is 12.1 Å². The van der Waals surface area contributed by atoms with Gasteiger partial charge in [0.05, 0.1) is 5.69 Å². The van der Waals surface area contributed by atoms with Crippen LogP contribution in [0.15, 0.2) is 24.3 Å². The lowest BCUT2D eigenvalue weighted by molar-refractivity contribution is 0.185. The van der Waals surface area contributed by atoms with Gasteiger partial charge in [-0.1, -0.05) is 12.1 Å². The van der Waals surface area contributed by atoms with Crippen LogP contribution in [-0.4, -0.2) is 25.8 Å². The van der Waals surface area contributed by atoms with Crippen LogP contribution in [0.3, 0.4) is 0 Å². The van der Waals surface area contributed by atoms with Crippen molar-refractivity contribution in [2.45, 2.75) is 19.4 Å². The number of methoxy groups -OCH3 is 1. The molecular weight excluding hydrogens is 331 g/mol. The van der Waals surface area contributed by atoms with Gasteiger partial charge in [0.25, 0.3) is 0 Å². The normalized spacial score (nSPS) is 11.9. The Morgan fingerprint density at radius 1 is 1.47 bits per heavy atom. The van der Waals surface area contributed by atoms with Crippen LogP contribution in [-0.2, 0) is 4.74 Å². The van der Waals surface area contributed by atoms with Crippen LogP contribution < -0.4 is 10.6 Å². The number of hydrogen-bond donors (Lipinski definition) is 2. The second kappa shape index (κ2) is 7.50. The average Bonchev–Trinajstić information content (AvgIpc) is 2.29. The lowest BCUT2D eigenvalue weighted by Crippen LogP contribution is -2.36. The SMILES string of the molecule is COCCC(C)NC(=O)Nc1ccccc1I. The summed E-state index contributed by atoms with van der Waals surface area (Å²) in [6.07, 6.45) is 0.801. The second-order valence-corrected chi connectivity index (χ2v) is 4.92. The fourth-order valence-corrected chi connectivity index (χ4v) is 1.83. The predicted octanol–water partition coefficient (Wildman–Crippen LogP) is 2.84. The van der Waals surface area contributed by atoms with Crippen molar-refractivity contribution in [1.29, 1.82) is 0 Å². The second-order valence-electron chi connectivity index (χ2n) is 3.76. The Kier molecular flexibility index (Phi) is 6.28. The summed E-state index contributed by atoms with van der Waals surface area (Å²) in [5, 5.41) is 5.68. The van der Waals surface area contributed by atoms with Gasteiger partial charge in [-0.25, -0.2) is 4.79 Å². The van der Waals surface area contributed by atoms with Gasteiger partial charge in [0.1, 0.15) is 0 Å². The van der Waals surface area contributed by atoms with Gasteiger partial charge < -0.3 is 15.4 Å². The number of carbonyl (C=O) groups excluding carboxylic acids is 1. The van der Waals surface area contributed by atoms with E-state index in [9.17, 15) is 4.79 Å². The number of amides is 2. The Bertz CT molecular complexity index is 371. The first-order valence-corrected chi connectivity index (χ1v) is 6.52. The summed E-state index contributed by atoms with van der Waals surface area (Å²) < 4.78 is 5.98. The maximum Gasteiger partial charge on any atom is 0.319 e. The van der Waals surface area contributed by atoms with Crippen molar-refractivity contribution in [2.75, 3.05) is 19.0 Å². The van der Waals surface area contributed by atoms with E-state index in [0.717, 1.165) is 15.7 Å². The van der Waals surface area contributed by atoms with Crippen LogP contribution in [0.2, 0.25) is 0 Å². The highest BCUT2D eigenvalue weighted by molar-refractivity contribution is 14.1. The molecule has 94 valence electrons. The number of halogens is 1. The number of carbonyl (C=O) groups is 1. The topological polar surface area (TPSA) is 50.4 Å². The molecule has 2 amide bonds. The molecule has 0 aliphatic rings. The zero-order valence-corrected chi connectivity index (χ0v) is 12.2. The molecule has 1 aromatic rings. The number of ether oxygens (including phenoxy) is 1. The van der Waals surface area contributed by atoms with Gasteiger partial charge in [0.2, 0.25) is 0 Å². The zero-order chi connectivity index (χ0) is 12.7. The first-order chi connectivity index (χ1) is 8.13. The molecule has 1 atom stereocenters. The molecular formula is C12H17IN2O2. The van der Waals surface area contributed by atoms with Crippen molar-refractivity contribution < 1.29 is 9.53 Å².